The van der Waals surface area contributed by atoms with Crippen LogP contribution in [0.2, 0.25) is 0 Å². The monoisotopic (exact) mass is 395 g/mol. The molecular formula is C21H24F3NO3. The maximum absolute atomic E-state index is 13.6. The Bertz CT molecular complexity index is 781. The van der Waals surface area contributed by atoms with Crippen molar-refractivity contribution in [2.24, 2.45) is 22.7 Å². The molecule has 7 heteroatoms. The predicted molar refractivity (Wildman–Crippen MR) is 95.3 cm³/mol. The highest BCUT2D eigenvalue weighted by molar-refractivity contribution is 5.86. The number of alkyl halides is 3. The molecule has 0 spiro atoms. The third-order valence-electron chi connectivity index (χ3n) is 7.27. The van der Waals surface area contributed by atoms with Gasteiger partial charge in [0.2, 0.25) is 5.91 Å². The molecule has 3 aliphatic rings. The lowest BCUT2D eigenvalue weighted by atomic mass is 9.68. The van der Waals surface area contributed by atoms with Crippen LogP contribution >= 0.6 is 0 Å². The van der Waals surface area contributed by atoms with Gasteiger partial charge in [0.05, 0.1) is 5.41 Å². The molecule has 0 aromatic heterocycles. The topological polar surface area (TPSA) is 57.6 Å². The number of hydrogen-bond donors (Lipinski definition) is 1. The summed E-state index contributed by atoms with van der Waals surface area (Å²) in [4.78, 5) is 26.3. The summed E-state index contributed by atoms with van der Waals surface area (Å²) < 4.78 is 40.7. The predicted octanol–water partition coefficient (Wildman–Crippen LogP) is 3.90. The first kappa shape index (κ1) is 19.3. The van der Waals surface area contributed by atoms with Crippen molar-refractivity contribution in [1.29, 1.82) is 0 Å². The molecule has 3 fully saturated rings. The lowest BCUT2D eigenvalue weighted by molar-refractivity contribution is -0.227. The van der Waals surface area contributed by atoms with Crippen LogP contribution in [0.1, 0.15) is 37.7 Å². The van der Waals surface area contributed by atoms with Gasteiger partial charge in [0.1, 0.15) is 0 Å². The number of benzene rings is 1. The van der Waals surface area contributed by atoms with E-state index in [9.17, 15) is 27.9 Å². The van der Waals surface area contributed by atoms with Crippen molar-refractivity contribution in [2.75, 3.05) is 13.1 Å². The van der Waals surface area contributed by atoms with Crippen LogP contribution < -0.4 is 0 Å². The van der Waals surface area contributed by atoms with E-state index in [1.54, 1.807) is 0 Å². The van der Waals surface area contributed by atoms with Crippen molar-refractivity contribution in [3.63, 3.8) is 0 Å². The summed E-state index contributed by atoms with van der Waals surface area (Å²) in [5, 5.41) is 9.31. The molecule has 1 amide bonds. The van der Waals surface area contributed by atoms with E-state index >= 15 is 0 Å². The molecule has 2 saturated carbocycles. The molecule has 1 aromatic carbocycles. The second kappa shape index (κ2) is 6.49. The van der Waals surface area contributed by atoms with Gasteiger partial charge in [-0.15, -0.1) is 0 Å². The molecule has 4 unspecified atom stereocenters. The Morgan fingerprint density at radius 1 is 1.18 bits per heavy atom. The van der Waals surface area contributed by atoms with Crippen LogP contribution in [0.5, 0.6) is 0 Å². The second-order valence-electron chi connectivity index (χ2n) is 8.76. The average Bonchev–Trinajstić information content (AvgIpc) is 3.36. The van der Waals surface area contributed by atoms with Gasteiger partial charge in [-0.1, -0.05) is 36.8 Å². The lowest BCUT2D eigenvalue weighted by Gasteiger charge is -2.40. The maximum Gasteiger partial charge on any atom is 0.406 e. The van der Waals surface area contributed by atoms with Gasteiger partial charge in [0, 0.05) is 13.1 Å². The Morgan fingerprint density at radius 3 is 2.39 bits per heavy atom. The van der Waals surface area contributed by atoms with Crippen molar-refractivity contribution in [3.05, 3.63) is 35.9 Å². The number of fused-ring (bicyclic) bond motifs is 2. The molecule has 1 N–H and O–H groups in total. The third kappa shape index (κ3) is 2.81. The highest BCUT2D eigenvalue weighted by Crippen LogP contribution is 2.59. The van der Waals surface area contributed by atoms with Gasteiger partial charge in [-0.25, -0.2) is 0 Å². The largest absolute Gasteiger partial charge is 0.481 e. The normalized spacial score (nSPS) is 34.8. The highest BCUT2D eigenvalue weighted by atomic mass is 19.4. The maximum atomic E-state index is 13.6. The minimum Gasteiger partial charge on any atom is -0.481 e. The number of halogens is 3. The quantitative estimate of drug-likeness (QED) is 0.841. The summed E-state index contributed by atoms with van der Waals surface area (Å²) >= 11 is 0. The fourth-order valence-corrected chi connectivity index (χ4v) is 5.78. The van der Waals surface area contributed by atoms with Crippen molar-refractivity contribution >= 4 is 11.9 Å². The molecule has 152 valence electrons. The number of amides is 1. The zero-order valence-corrected chi connectivity index (χ0v) is 15.5. The van der Waals surface area contributed by atoms with Crippen molar-refractivity contribution in [3.8, 4) is 0 Å². The summed E-state index contributed by atoms with van der Waals surface area (Å²) in [6.07, 6.45) is -1.33. The summed E-state index contributed by atoms with van der Waals surface area (Å²) in [5.74, 6) is -1.57. The molecule has 1 heterocycles. The Hall–Kier alpha value is -2.05. The molecule has 4 nitrogen and oxygen atoms in total. The Kier molecular flexibility index (Phi) is 4.47. The van der Waals surface area contributed by atoms with Crippen LogP contribution in [-0.2, 0) is 16.0 Å². The van der Waals surface area contributed by atoms with Crippen LogP contribution in [0.25, 0.3) is 0 Å². The Balaban J connectivity index is 1.63. The van der Waals surface area contributed by atoms with Crippen molar-refractivity contribution in [2.45, 2.75) is 44.7 Å². The summed E-state index contributed by atoms with van der Waals surface area (Å²) in [7, 11) is 0. The van der Waals surface area contributed by atoms with Crippen molar-refractivity contribution in [1.82, 2.24) is 4.90 Å². The number of carbonyl (C=O) groups excluding carboxylic acids is 1. The first-order chi connectivity index (χ1) is 13.2. The first-order valence-electron chi connectivity index (χ1n) is 9.81. The van der Waals surface area contributed by atoms with Gasteiger partial charge in [-0.3, -0.25) is 9.59 Å². The average molecular weight is 395 g/mol. The molecule has 0 radical (unpaired) electrons. The Morgan fingerprint density at radius 2 is 1.89 bits per heavy atom. The van der Waals surface area contributed by atoms with E-state index < -0.39 is 35.9 Å². The van der Waals surface area contributed by atoms with E-state index in [1.165, 1.54) is 4.90 Å². The van der Waals surface area contributed by atoms with E-state index in [2.05, 4.69) is 0 Å². The van der Waals surface area contributed by atoms with Gasteiger partial charge in [0.15, 0.2) is 5.41 Å². The number of rotatable bonds is 4. The SMILES string of the molecule is O=C(N1CCC(C(=O)O)(C(F)(F)F)C1)C1(Cc2ccccc2)CC2CCC1C2. The van der Waals surface area contributed by atoms with E-state index in [0.29, 0.717) is 18.8 Å². The molecular weight excluding hydrogens is 371 g/mol. The number of aliphatic carboxylic acids is 1. The zero-order chi connectivity index (χ0) is 20.2. The van der Waals surface area contributed by atoms with Crippen LogP contribution in [0.3, 0.4) is 0 Å². The summed E-state index contributed by atoms with van der Waals surface area (Å²) in [6, 6.07) is 9.58. The fraction of sp³-hybridized carbons (Fsp3) is 0.619. The molecule has 4 atom stereocenters. The molecule has 1 aliphatic heterocycles. The Labute approximate surface area is 161 Å². The minimum absolute atomic E-state index is 0.154. The third-order valence-corrected chi connectivity index (χ3v) is 7.27. The van der Waals surface area contributed by atoms with Crippen molar-refractivity contribution < 1.29 is 27.9 Å². The number of carbonyl (C=O) groups is 2. The van der Waals surface area contributed by atoms with Gasteiger partial charge in [0.25, 0.3) is 0 Å². The molecule has 1 aromatic rings. The molecule has 28 heavy (non-hydrogen) atoms. The summed E-state index contributed by atoms with van der Waals surface area (Å²) in [6.45, 7) is -0.933. The number of carboxylic acid groups (broad SMARTS) is 1. The van der Waals surface area contributed by atoms with Gasteiger partial charge >= 0.3 is 12.1 Å². The van der Waals surface area contributed by atoms with Gasteiger partial charge < -0.3 is 10.0 Å². The molecule has 4 rings (SSSR count). The minimum atomic E-state index is -4.88. The molecule has 2 aliphatic carbocycles. The number of likely N-dealkylation sites (tertiary alicyclic amines) is 1. The van der Waals surface area contributed by atoms with Gasteiger partial charge in [-0.2, -0.15) is 13.2 Å². The van der Waals surface area contributed by atoms with Crippen LogP contribution in [0, 0.1) is 22.7 Å². The fourth-order valence-electron chi connectivity index (χ4n) is 5.78. The zero-order valence-electron chi connectivity index (χ0n) is 15.5. The lowest BCUT2D eigenvalue weighted by Crippen LogP contribution is -2.51. The highest BCUT2D eigenvalue weighted by Gasteiger charge is 2.66. The van der Waals surface area contributed by atoms with E-state index in [-0.39, 0.29) is 18.4 Å². The number of hydrogen-bond acceptors (Lipinski definition) is 2. The summed E-state index contributed by atoms with van der Waals surface area (Å²) in [5.41, 5.74) is -2.55. The first-order valence-corrected chi connectivity index (χ1v) is 9.81. The second-order valence-corrected chi connectivity index (χ2v) is 8.76. The van der Waals surface area contributed by atoms with Crippen LogP contribution in [-0.4, -0.2) is 41.1 Å². The van der Waals surface area contributed by atoms with Gasteiger partial charge in [-0.05, 0) is 49.5 Å². The van der Waals surface area contributed by atoms with E-state index in [0.717, 1.165) is 24.8 Å². The number of carboxylic acids is 1. The van der Waals surface area contributed by atoms with E-state index in [4.69, 9.17) is 0 Å². The smallest absolute Gasteiger partial charge is 0.406 e. The standard InChI is InChI=1S/C21H24F3NO3/c22-21(23,24)20(18(27)28)8-9-25(13-20)17(26)19(11-14-4-2-1-3-5-14)12-15-6-7-16(19)10-15/h1-5,15-16H,6-13H2,(H,27,28). The number of nitrogens with zero attached hydrogens (tertiary/aromatic N) is 1. The van der Waals surface area contributed by atoms with E-state index in [1.807, 2.05) is 30.3 Å². The van der Waals surface area contributed by atoms with Crippen LogP contribution in [0.15, 0.2) is 30.3 Å². The van der Waals surface area contributed by atoms with Crippen LogP contribution in [0.4, 0.5) is 13.2 Å². The molecule has 1 saturated heterocycles. The molecule has 2 bridgehead atoms.